The van der Waals surface area contributed by atoms with Crippen LogP contribution in [0.15, 0.2) is 46.7 Å². The first-order valence-corrected chi connectivity index (χ1v) is 11.4. The molecule has 1 aromatic carbocycles. The first kappa shape index (κ1) is 19.0. The van der Waals surface area contributed by atoms with Crippen LogP contribution in [-0.4, -0.2) is 47.5 Å². The third kappa shape index (κ3) is 3.94. The Labute approximate surface area is 165 Å². The molecule has 0 amide bonds. The van der Waals surface area contributed by atoms with Gasteiger partial charge in [0.25, 0.3) is 5.56 Å². The number of rotatable bonds is 6. The maximum Gasteiger partial charge on any atom is 0.258 e. The molecule has 1 aliphatic rings. The van der Waals surface area contributed by atoms with E-state index in [9.17, 15) is 17.6 Å². The molecule has 1 aliphatic heterocycles. The van der Waals surface area contributed by atoms with Gasteiger partial charge >= 0.3 is 0 Å². The van der Waals surface area contributed by atoms with E-state index in [-0.39, 0.29) is 23.7 Å². The van der Waals surface area contributed by atoms with Crippen molar-refractivity contribution < 1.29 is 12.8 Å². The van der Waals surface area contributed by atoms with Gasteiger partial charge in [-0.3, -0.25) is 9.20 Å². The number of aromatic nitrogens is 2. The Morgan fingerprint density at radius 3 is 2.89 bits per heavy atom. The highest BCUT2D eigenvalue weighted by Gasteiger charge is 2.28. The summed E-state index contributed by atoms with van der Waals surface area (Å²) in [4.78, 5) is 19.2. The van der Waals surface area contributed by atoms with Crippen molar-refractivity contribution in [3.8, 4) is 0 Å². The number of anilines is 1. The molecule has 2 aromatic heterocycles. The zero-order valence-corrected chi connectivity index (χ0v) is 16.6. The largest absolute Gasteiger partial charge is 0.364 e. The summed E-state index contributed by atoms with van der Waals surface area (Å²) in [6.45, 7) is 1.45. The average molecular weight is 423 g/mol. The van der Waals surface area contributed by atoms with Crippen molar-refractivity contribution in [2.75, 3.05) is 30.3 Å². The Hall–Kier alpha value is -2.30. The molecular formula is C18H19FN4O3S2. The van der Waals surface area contributed by atoms with E-state index in [4.69, 9.17) is 0 Å². The molecule has 10 heteroatoms. The predicted octanol–water partition coefficient (Wildman–Crippen LogP) is 1.94. The maximum absolute atomic E-state index is 13.8. The number of benzene rings is 1. The highest BCUT2D eigenvalue weighted by molar-refractivity contribution is 7.89. The minimum Gasteiger partial charge on any atom is -0.364 e. The van der Waals surface area contributed by atoms with Gasteiger partial charge in [0.05, 0.1) is 18.0 Å². The number of nitrogens with zero attached hydrogens (tertiary/aromatic N) is 4. The van der Waals surface area contributed by atoms with Crippen molar-refractivity contribution in [2.45, 2.75) is 13.0 Å². The molecule has 0 bridgehead atoms. The fraction of sp³-hybridized carbons (Fsp3) is 0.333. The molecule has 4 rings (SSSR count). The van der Waals surface area contributed by atoms with Gasteiger partial charge in [0, 0.05) is 43.0 Å². The van der Waals surface area contributed by atoms with Crippen LogP contribution < -0.4 is 10.5 Å². The van der Waals surface area contributed by atoms with E-state index in [1.165, 1.54) is 38.2 Å². The Bertz CT molecular complexity index is 1160. The lowest BCUT2D eigenvalue weighted by molar-refractivity contribution is 0.445. The smallest absolute Gasteiger partial charge is 0.258 e. The molecule has 1 fully saturated rings. The zero-order valence-electron chi connectivity index (χ0n) is 15.0. The number of sulfonamides is 1. The number of halogens is 1. The lowest BCUT2D eigenvalue weighted by Crippen LogP contribution is -2.36. The molecule has 0 unspecified atom stereocenters. The van der Waals surface area contributed by atoms with Crippen LogP contribution in [0.5, 0.6) is 0 Å². The second-order valence-corrected chi connectivity index (χ2v) is 9.57. The van der Waals surface area contributed by atoms with Gasteiger partial charge < -0.3 is 4.90 Å². The fourth-order valence-corrected chi connectivity index (χ4v) is 5.57. The Kier molecular flexibility index (Phi) is 5.17. The highest BCUT2D eigenvalue weighted by Crippen LogP contribution is 2.20. The molecule has 0 atom stereocenters. The van der Waals surface area contributed by atoms with E-state index in [0.29, 0.717) is 42.4 Å². The van der Waals surface area contributed by atoms with Gasteiger partial charge in [-0.25, -0.2) is 22.1 Å². The lowest BCUT2D eigenvalue weighted by atomic mass is 10.2. The molecule has 0 aliphatic carbocycles. The molecule has 148 valence electrons. The topological polar surface area (TPSA) is 75.0 Å². The molecule has 7 nitrogen and oxygen atoms in total. The normalized spacial score (nSPS) is 16.6. The van der Waals surface area contributed by atoms with Gasteiger partial charge in [-0.05, 0) is 24.6 Å². The van der Waals surface area contributed by atoms with Crippen molar-refractivity contribution in [1.82, 2.24) is 13.7 Å². The summed E-state index contributed by atoms with van der Waals surface area (Å²) in [7, 11) is -3.21. The fourth-order valence-electron chi connectivity index (χ4n) is 3.31. The van der Waals surface area contributed by atoms with Crippen LogP contribution in [-0.2, 0) is 16.6 Å². The summed E-state index contributed by atoms with van der Waals surface area (Å²) in [5.74, 6) is -0.210. The number of thiazole rings is 1. The van der Waals surface area contributed by atoms with Crippen LogP contribution in [0.4, 0.5) is 10.1 Å². The summed E-state index contributed by atoms with van der Waals surface area (Å²) in [6, 6.07) is 7.58. The molecule has 0 saturated carbocycles. The van der Waals surface area contributed by atoms with Crippen molar-refractivity contribution in [3.63, 3.8) is 0 Å². The quantitative estimate of drug-likeness (QED) is 0.607. The number of hydrogen-bond acceptors (Lipinski definition) is 6. The zero-order chi connectivity index (χ0) is 19.7. The third-order valence-electron chi connectivity index (χ3n) is 4.70. The Morgan fingerprint density at radius 1 is 1.29 bits per heavy atom. The van der Waals surface area contributed by atoms with Gasteiger partial charge in [0.2, 0.25) is 10.0 Å². The summed E-state index contributed by atoms with van der Waals surface area (Å²) in [5.41, 5.74) is 0.994. The van der Waals surface area contributed by atoms with E-state index in [1.807, 2.05) is 4.90 Å². The van der Waals surface area contributed by atoms with E-state index >= 15 is 0 Å². The second kappa shape index (κ2) is 7.61. The summed E-state index contributed by atoms with van der Waals surface area (Å²) in [5, 5.41) is 1.79. The predicted molar refractivity (Wildman–Crippen MR) is 107 cm³/mol. The Morgan fingerprint density at radius 2 is 2.14 bits per heavy atom. The molecule has 28 heavy (non-hydrogen) atoms. The van der Waals surface area contributed by atoms with Crippen molar-refractivity contribution in [3.05, 3.63) is 63.8 Å². The summed E-state index contributed by atoms with van der Waals surface area (Å²) >= 11 is 1.36. The molecular weight excluding hydrogens is 403 g/mol. The molecule has 0 spiro atoms. The van der Waals surface area contributed by atoms with Gasteiger partial charge in [0.15, 0.2) is 4.96 Å². The first-order valence-electron chi connectivity index (χ1n) is 8.86. The average Bonchev–Trinajstić information content (AvgIpc) is 3.25. The standard InChI is InChI=1S/C18H19FN4O3S2/c19-14-3-1-4-16(11-14)21(6-7-22-5-2-10-28(22,25)26)13-15-12-17(24)23-8-9-27-18(23)20-15/h1,3-4,8-9,11-12H,2,5-7,10,13H2. The number of hydrogen-bond donors (Lipinski definition) is 0. The SMILES string of the molecule is O=c1cc(CN(CCN2CCCS2(=O)=O)c2cccc(F)c2)nc2sccn12. The molecule has 3 heterocycles. The van der Waals surface area contributed by atoms with Crippen LogP contribution in [0.1, 0.15) is 12.1 Å². The van der Waals surface area contributed by atoms with Crippen molar-refractivity contribution in [2.24, 2.45) is 0 Å². The van der Waals surface area contributed by atoms with Gasteiger partial charge in [0.1, 0.15) is 5.82 Å². The van der Waals surface area contributed by atoms with E-state index in [0.717, 1.165) is 0 Å². The number of fused-ring (bicyclic) bond motifs is 1. The third-order valence-corrected chi connectivity index (χ3v) is 7.42. The lowest BCUT2D eigenvalue weighted by Gasteiger charge is -2.26. The maximum atomic E-state index is 13.8. The molecule has 0 radical (unpaired) electrons. The van der Waals surface area contributed by atoms with Crippen LogP contribution in [0.25, 0.3) is 4.96 Å². The molecule has 0 N–H and O–H groups in total. The van der Waals surface area contributed by atoms with Crippen LogP contribution >= 0.6 is 11.3 Å². The minimum atomic E-state index is -3.21. The minimum absolute atomic E-state index is 0.167. The van der Waals surface area contributed by atoms with Crippen molar-refractivity contribution in [1.29, 1.82) is 0 Å². The van der Waals surface area contributed by atoms with Crippen LogP contribution in [0.2, 0.25) is 0 Å². The van der Waals surface area contributed by atoms with E-state index in [2.05, 4.69) is 4.98 Å². The van der Waals surface area contributed by atoms with Crippen LogP contribution in [0.3, 0.4) is 0 Å². The van der Waals surface area contributed by atoms with Crippen molar-refractivity contribution >= 4 is 32.0 Å². The first-order chi connectivity index (χ1) is 13.4. The summed E-state index contributed by atoms with van der Waals surface area (Å²) in [6.07, 6.45) is 2.29. The molecule has 3 aromatic rings. The monoisotopic (exact) mass is 422 g/mol. The van der Waals surface area contributed by atoms with E-state index < -0.39 is 10.0 Å². The van der Waals surface area contributed by atoms with E-state index in [1.54, 1.807) is 23.7 Å². The summed E-state index contributed by atoms with van der Waals surface area (Å²) < 4.78 is 40.8. The van der Waals surface area contributed by atoms with Gasteiger partial charge in [-0.15, -0.1) is 11.3 Å². The second-order valence-electron chi connectivity index (χ2n) is 6.61. The van der Waals surface area contributed by atoms with Crippen LogP contribution in [0, 0.1) is 5.82 Å². The van der Waals surface area contributed by atoms with Gasteiger partial charge in [-0.2, -0.15) is 0 Å². The van der Waals surface area contributed by atoms with Gasteiger partial charge in [-0.1, -0.05) is 6.07 Å². The Balaban J connectivity index is 1.61. The molecule has 1 saturated heterocycles. The highest BCUT2D eigenvalue weighted by atomic mass is 32.2.